The quantitative estimate of drug-likeness (QED) is 0.726. The molecule has 0 aliphatic carbocycles. The van der Waals surface area contributed by atoms with Crippen molar-refractivity contribution in [2.24, 2.45) is 0 Å². The molecule has 0 aliphatic heterocycles. The zero-order valence-electron chi connectivity index (χ0n) is 10.2. The van der Waals surface area contributed by atoms with Crippen LogP contribution in [-0.4, -0.2) is 5.78 Å². The van der Waals surface area contributed by atoms with E-state index in [2.05, 4.69) is 0 Å². The third kappa shape index (κ3) is 2.82. The molecular weight excluding hydrogens is 208 g/mol. The van der Waals surface area contributed by atoms with Gasteiger partial charge in [0.2, 0.25) is 0 Å². The number of aryl methyl sites for hydroxylation is 2. The van der Waals surface area contributed by atoms with E-state index in [1.165, 1.54) is 5.56 Å². The summed E-state index contributed by atoms with van der Waals surface area (Å²) in [5.41, 5.74) is 4.17. The normalized spacial score (nSPS) is 10.2. The van der Waals surface area contributed by atoms with Crippen LogP contribution >= 0.6 is 0 Å². The molecule has 0 heterocycles. The molecule has 2 aromatic carbocycles. The number of benzene rings is 2. The van der Waals surface area contributed by atoms with E-state index >= 15 is 0 Å². The van der Waals surface area contributed by atoms with E-state index in [1.807, 2.05) is 62.4 Å². The molecule has 0 fully saturated rings. The van der Waals surface area contributed by atoms with Gasteiger partial charge in [-0.2, -0.15) is 0 Å². The largest absolute Gasteiger partial charge is 0.294 e. The smallest absolute Gasteiger partial charge is 0.167 e. The second kappa shape index (κ2) is 4.96. The van der Waals surface area contributed by atoms with Gasteiger partial charge < -0.3 is 0 Å². The summed E-state index contributed by atoms with van der Waals surface area (Å²) in [4.78, 5) is 12.1. The lowest BCUT2D eigenvalue weighted by Gasteiger charge is -2.05. The van der Waals surface area contributed by atoms with Gasteiger partial charge in [-0.3, -0.25) is 4.79 Å². The molecule has 0 amide bonds. The number of hydrogen-bond acceptors (Lipinski definition) is 1. The number of Topliss-reactive ketones (excluding diaryl/α,β-unsaturated/α-hetero) is 1. The fourth-order valence-electron chi connectivity index (χ4n) is 1.87. The Morgan fingerprint density at radius 3 is 2.24 bits per heavy atom. The first-order valence-electron chi connectivity index (χ1n) is 5.81. The monoisotopic (exact) mass is 224 g/mol. The molecule has 0 unspecified atom stereocenters. The molecule has 0 N–H and O–H groups in total. The van der Waals surface area contributed by atoms with Crippen molar-refractivity contribution in [3.8, 4) is 0 Å². The lowest BCUT2D eigenvalue weighted by Crippen LogP contribution is -2.05. The first-order chi connectivity index (χ1) is 8.16. The van der Waals surface area contributed by atoms with Crippen molar-refractivity contribution < 1.29 is 4.79 Å². The molecule has 86 valence electrons. The second-order valence-corrected chi connectivity index (χ2v) is 4.40. The van der Waals surface area contributed by atoms with Crippen molar-refractivity contribution in [2.75, 3.05) is 0 Å². The Hall–Kier alpha value is -1.89. The first-order valence-corrected chi connectivity index (χ1v) is 5.81. The van der Waals surface area contributed by atoms with Crippen LogP contribution in [0.1, 0.15) is 27.0 Å². The Labute approximate surface area is 102 Å². The lowest BCUT2D eigenvalue weighted by molar-refractivity contribution is 0.0992. The van der Waals surface area contributed by atoms with Crippen LogP contribution in [0, 0.1) is 13.8 Å². The SMILES string of the molecule is Cc1ccc(CC(=O)c2ccccc2C)cc1. The van der Waals surface area contributed by atoms with Crippen molar-refractivity contribution in [3.05, 3.63) is 70.8 Å². The minimum atomic E-state index is 0.187. The maximum absolute atomic E-state index is 12.1. The van der Waals surface area contributed by atoms with Crippen molar-refractivity contribution in [3.63, 3.8) is 0 Å². The molecule has 0 bridgehead atoms. The van der Waals surface area contributed by atoms with Gasteiger partial charge in [0.05, 0.1) is 0 Å². The number of carbonyl (C=O) groups is 1. The fourth-order valence-corrected chi connectivity index (χ4v) is 1.87. The Morgan fingerprint density at radius 2 is 1.59 bits per heavy atom. The van der Waals surface area contributed by atoms with Crippen molar-refractivity contribution >= 4 is 5.78 Å². The predicted octanol–water partition coefficient (Wildman–Crippen LogP) is 3.73. The zero-order valence-corrected chi connectivity index (χ0v) is 10.2. The van der Waals surface area contributed by atoms with E-state index in [-0.39, 0.29) is 5.78 Å². The van der Waals surface area contributed by atoms with Crippen LogP contribution in [0.25, 0.3) is 0 Å². The topological polar surface area (TPSA) is 17.1 Å². The highest BCUT2D eigenvalue weighted by Crippen LogP contribution is 2.12. The molecule has 0 aliphatic rings. The fraction of sp³-hybridized carbons (Fsp3) is 0.188. The maximum Gasteiger partial charge on any atom is 0.167 e. The molecule has 2 aromatic rings. The highest BCUT2D eigenvalue weighted by atomic mass is 16.1. The first kappa shape index (κ1) is 11.6. The highest BCUT2D eigenvalue weighted by Gasteiger charge is 2.08. The van der Waals surface area contributed by atoms with Gasteiger partial charge in [0, 0.05) is 12.0 Å². The zero-order chi connectivity index (χ0) is 12.3. The molecule has 1 nitrogen and oxygen atoms in total. The van der Waals surface area contributed by atoms with E-state index in [1.54, 1.807) is 0 Å². The van der Waals surface area contributed by atoms with Crippen LogP contribution in [0.4, 0.5) is 0 Å². The molecule has 0 saturated heterocycles. The second-order valence-electron chi connectivity index (χ2n) is 4.40. The van der Waals surface area contributed by atoms with Gasteiger partial charge in [-0.25, -0.2) is 0 Å². The summed E-state index contributed by atoms with van der Waals surface area (Å²) in [5, 5.41) is 0. The third-order valence-corrected chi connectivity index (χ3v) is 2.93. The van der Waals surface area contributed by atoms with Crippen LogP contribution in [0.2, 0.25) is 0 Å². The molecule has 0 spiro atoms. The lowest BCUT2D eigenvalue weighted by atomic mass is 9.99. The standard InChI is InChI=1S/C16H16O/c1-12-7-9-14(10-8-12)11-16(17)15-6-4-3-5-13(15)2/h3-10H,11H2,1-2H3. The van der Waals surface area contributed by atoms with Crippen molar-refractivity contribution in [2.45, 2.75) is 20.3 Å². The van der Waals surface area contributed by atoms with Crippen LogP contribution in [0.3, 0.4) is 0 Å². The van der Waals surface area contributed by atoms with Crippen molar-refractivity contribution in [1.29, 1.82) is 0 Å². The molecule has 0 atom stereocenters. The molecule has 0 radical (unpaired) electrons. The molecular formula is C16H16O. The highest BCUT2D eigenvalue weighted by molar-refractivity contribution is 5.98. The van der Waals surface area contributed by atoms with E-state index in [9.17, 15) is 4.79 Å². The van der Waals surface area contributed by atoms with E-state index in [0.717, 1.165) is 16.7 Å². The summed E-state index contributed by atoms with van der Waals surface area (Å²) < 4.78 is 0. The van der Waals surface area contributed by atoms with Gasteiger partial charge in [-0.05, 0) is 25.0 Å². The van der Waals surface area contributed by atoms with Crippen LogP contribution in [-0.2, 0) is 6.42 Å². The average molecular weight is 224 g/mol. The van der Waals surface area contributed by atoms with Crippen LogP contribution in [0.5, 0.6) is 0 Å². The van der Waals surface area contributed by atoms with E-state index < -0.39 is 0 Å². The van der Waals surface area contributed by atoms with E-state index in [4.69, 9.17) is 0 Å². The summed E-state index contributed by atoms with van der Waals surface area (Å²) in [7, 11) is 0. The van der Waals surface area contributed by atoms with Crippen molar-refractivity contribution in [1.82, 2.24) is 0 Å². The molecule has 0 aromatic heterocycles. The Bertz CT molecular complexity index is 523. The molecule has 17 heavy (non-hydrogen) atoms. The van der Waals surface area contributed by atoms with Gasteiger partial charge in [-0.15, -0.1) is 0 Å². The van der Waals surface area contributed by atoms with Gasteiger partial charge in [0.1, 0.15) is 0 Å². The van der Waals surface area contributed by atoms with Gasteiger partial charge in [0.25, 0.3) is 0 Å². The average Bonchev–Trinajstić information content (AvgIpc) is 2.32. The van der Waals surface area contributed by atoms with Gasteiger partial charge in [0.15, 0.2) is 5.78 Å². The number of rotatable bonds is 3. The molecule has 2 rings (SSSR count). The number of hydrogen-bond donors (Lipinski definition) is 0. The Balaban J connectivity index is 2.17. The van der Waals surface area contributed by atoms with Crippen LogP contribution in [0.15, 0.2) is 48.5 Å². The maximum atomic E-state index is 12.1. The number of ketones is 1. The summed E-state index contributed by atoms with van der Waals surface area (Å²) in [5.74, 6) is 0.187. The van der Waals surface area contributed by atoms with Gasteiger partial charge >= 0.3 is 0 Å². The molecule has 0 saturated carbocycles. The van der Waals surface area contributed by atoms with E-state index in [0.29, 0.717) is 6.42 Å². The summed E-state index contributed by atoms with van der Waals surface area (Å²) in [6, 6.07) is 15.9. The molecule has 1 heteroatoms. The summed E-state index contributed by atoms with van der Waals surface area (Å²) in [6.45, 7) is 4.02. The Morgan fingerprint density at radius 1 is 0.941 bits per heavy atom. The third-order valence-electron chi connectivity index (χ3n) is 2.93. The Kier molecular flexibility index (Phi) is 3.38. The number of carbonyl (C=O) groups excluding carboxylic acids is 1. The minimum absolute atomic E-state index is 0.187. The minimum Gasteiger partial charge on any atom is -0.294 e. The van der Waals surface area contributed by atoms with Crippen LogP contribution < -0.4 is 0 Å². The summed E-state index contributed by atoms with van der Waals surface area (Å²) >= 11 is 0. The van der Waals surface area contributed by atoms with Gasteiger partial charge in [-0.1, -0.05) is 54.1 Å². The summed E-state index contributed by atoms with van der Waals surface area (Å²) in [6.07, 6.45) is 0.477. The predicted molar refractivity (Wildman–Crippen MR) is 70.4 cm³/mol.